The summed E-state index contributed by atoms with van der Waals surface area (Å²) in [4.78, 5) is 24.1. The van der Waals surface area contributed by atoms with Crippen molar-refractivity contribution >= 4 is 27.7 Å². The zero-order valence-electron chi connectivity index (χ0n) is 13.2. The van der Waals surface area contributed by atoms with Gasteiger partial charge >= 0.3 is 0 Å². The van der Waals surface area contributed by atoms with Gasteiger partial charge in [-0.25, -0.2) is 5.14 Å². The highest BCUT2D eigenvalue weighted by Crippen LogP contribution is 2.28. The summed E-state index contributed by atoms with van der Waals surface area (Å²) in [6.07, 6.45) is 0.0932. The molecular formula is C15H17N5O4S. The van der Waals surface area contributed by atoms with Crippen molar-refractivity contribution in [2.45, 2.75) is 25.9 Å². The first kappa shape index (κ1) is 17.3. The SMILES string of the molecule is NS(=O)(=O)N1Cc2n[nH]c(NC(=O)CCC(=O)c3ccccc3)c2C1. The number of carbonyl (C=O) groups is 2. The van der Waals surface area contributed by atoms with E-state index in [1.54, 1.807) is 24.3 Å². The Morgan fingerprint density at radius 1 is 1.20 bits per heavy atom. The molecule has 10 heteroatoms. The second kappa shape index (κ2) is 6.75. The lowest BCUT2D eigenvalue weighted by molar-refractivity contribution is -0.116. The monoisotopic (exact) mass is 363 g/mol. The number of ketones is 1. The lowest BCUT2D eigenvalue weighted by Crippen LogP contribution is -2.32. The molecule has 4 N–H and O–H groups in total. The predicted molar refractivity (Wildman–Crippen MR) is 89.6 cm³/mol. The molecule has 1 aromatic heterocycles. The van der Waals surface area contributed by atoms with Gasteiger partial charge in [-0.15, -0.1) is 0 Å². The molecule has 0 bridgehead atoms. The van der Waals surface area contributed by atoms with Gasteiger partial charge in [0.25, 0.3) is 10.2 Å². The molecule has 0 atom stereocenters. The summed E-state index contributed by atoms with van der Waals surface area (Å²) < 4.78 is 23.8. The van der Waals surface area contributed by atoms with Gasteiger partial charge in [0.05, 0.1) is 12.2 Å². The van der Waals surface area contributed by atoms with E-state index in [9.17, 15) is 18.0 Å². The van der Waals surface area contributed by atoms with Gasteiger partial charge in [-0.2, -0.15) is 17.8 Å². The number of amides is 1. The summed E-state index contributed by atoms with van der Waals surface area (Å²) in [6.45, 7) is 0.107. The number of hydrogen-bond donors (Lipinski definition) is 3. The molecule has 2 heterocycles. The lowest BCUT2D eigenvalue weighted by Gasteiger charge is -2.11. The normalized spacial score (nSPS) is 14.3. The Bertz CT molecular complexity index is 907. The van der Waals surface area contributed by atoms with Crippen molar-refractivity contribution in [2.24, 2.45) is 5.14 Å². The summed E-state index contributed by atoms with van der Waals surface area (Å²) in [5.74, 6) is -0.144. The Hall–Kier alpha value is -2.56. The Morgan fingerprint density at radius 3 is 2.60 bits per heavy atom. The molecule has 1 aliphatic heterocycles. The standard InChI is InChI=1S/C15H17N5O4S/c16-25(23,24)20-8-11-12(9-20)18-19-15(11)17-14(22)7-6-13(21)10-4-2-1-3-5-10/h1-5H,6-9H2,(H2,16,23,24)(H2,17,18,19,22). The number of hydrogen-bond acceptors (Lipinski definition) is 5. The molecule has 3 rings (SSSR count). The summed E-state index contributed by atoms with van der Waals surface area (Å²) in [5, 5.41) is 14.4. The average Bonchev–Trinajstić information content (AvgIpc) is 3.15. The van der Waals surface area contributed by atoms with E-state index in [2.05, 4.69) is 15.5 Å². The summed E-state index contributed by atoms with van der Waals surface area (Å²) in [5.41, 5.74) is 1.66. The molecule has 0 unspecified atom stereocenters. The average molecular weight is 363 g/mol. The predicted octanol–water partition coefficient (Wildman–Crippen LogP) is 0.530. The van der Waals surface area contributed by atoms with Crippen LogP contribution < -0.4 is 10.5 Å². The maximum Gasteiger partial charge on any atom is 0.277 e. The lowest BCUT2D eigenvalue weighted by atomic mass is 10.1. The zero-order chi connectivity index (χ0) is 18.0. The third-order valence-electron chi connectivity index (χ3n) is 3.91. The fourth-order valence-corrected chi connectivity index (χ4v) is 3.20. The number of carbonyl (C=O) groups excluding carboxylic acids is 2. The molecule has 2 aromatic rings. The summed E-state index contributed by atoms with van der Waals surface area (Å²) >= 11 is 0. The number of aromatic nitrogens is 2. The molecule has 25 heavy (non-hydrogen) atoms. The van der Waals surface area contributed by atoms with Crippen LogP contribution in [0.25, 0.3) is 0 Å². The molecule has 0 saturated heterocycles. The molecule has 0 aliphatic carbocycles. The molecule has 0 spiro atoms. The van der Waals surface area contributed by atoms with E-state index in [1.165, 1.54) is 0 Å². The molecule has 0 fully saturated rings. The van der Waals surface area contributed by atoms with E-state index < -0.39 is 10.2 Å². The highest BCUT2D eigenvalue weighted by molar-refractivity contribution is 7.86. The van der Waals surface area contributed by atoms with Crippen LogP contribution in [0.1, 0.15) is 34.5 Å². The molecule has 1 amide bonds. The molecular weight excluding hydrogens is 346 g/mol. The number of nitrogens with zero attached hydrogens (tertiary/aromatic N) is 2. The number of aromatic amines is 1. The fourth-order valence-electron chi connectivity index (χ4n) is 2.58. The van der Waals surface area contributed by atoms with Crippen molar-refractivity contribution in [1.29, 1.82) is 0 Å². The Morgan fingerprint density at radius 2 is 1.92 bits per heavy atom. The molecule has 0 radical (unpaired) electrons. The smallest absolute Gasteiger partial charge is 0.277 e. The molecule has 0 saturated carbocycles. The highest BCUT2D eigenvalue weighted by Gasteiger charge is 2.31. The first-order valence-corrected chi connectivity index (χ1v) is 9.07. The van der Waals surface area contributed by atoms with Gasteiger partial charge in [-0.05, 0) is 0 Å². The number of H-pyrrole nitrogens is 1. The second-order valence-corrected chi connectivity index (χ2v) is 7.22. The number of Topliss-reactive ketones (excluding diaryl/α,β-unsaturated/α-hetero) is 1. The van der Waals surface area contributed by atoms with Crippen LogP contribution in [0, 0.1) is 0 Å². The van der Waals surface area contributed by atoms with Crippen LogP contribution in [0.3, 0.4) is 0 Å². The van der Waals surface area contributed by atoms with Crippen LogP contribution >= 0.6 is 0 Å². The molecule has 1 aromatic carbocycles. The van der Waals surface area contributed by atoms with Gasteiger partial charge in [0.1, 0.15) is 5.82 Å². The van der Waals surface area contributed by atoms with Crippen LogP contribution in [0.2, 0.25) is 0 Å². The van der Waals surface area contributed by atoms with Crippen LogP contribution in [0.15, 0.2) is 30.3 Å². The van der Waals surface area contributed by atoms with Crippen molar-refractivity contribution in [3.8, 4) is 0 Å². The topological polar surface area (TPSA) is 138 Å². The van der Waals surface area contributed by atoms with Gasteiger partial charge in [0, 0.05) is 30.5 Å². The maximum atomic E-state index is 12.1. The number of fused-ring (bicyclic) bond motifs is 1. The zero-order valence-corrected chi connectivity index (χ0v) is 14.0. The van der Waals surface area contributed by atoms with E-state index in [0.29, 0.717) is 22.6 Å². The van der Waals surface area contributed by atoms with E-state index >= 15 is 0 Å². The third-order valence-corrected chi connectivity index (χ3v) is 4.89. The number of nitrogens with two attached hydrogens (primary N) is 1. The largest absolute Gasteiger partial charge is 0.311 e. The first-order chi connectivity index (χ1) is 11.8. The van der Waals surface area contributed by atoms with Gasteiger partial charge in [0.15, 0.2) is 5.78 Å². The first-order valence-electron chi connectivity index (χ1n) is 7.56. The van der Waals surface area contributed by atoms with Crippen molar-refractivity contribution < 1.29 is 18.0 Å². The van der Waals surface area contributed by atoms with Crippen LogP contribution in [0.4, 0.5) is 5.82 Å². The minimum absolute atomic E-state index is 0.0143. The number of nitrogens with one attached hydrogen (secondary N) is 2. The number of benzene rings is 1. The Balaban J connectivity index is 1.58. The van der Waals surface area contributed by atoms with Crippen molar-refractivity contribution in [1.82, 2.24) is 14.5 Å². The number of rotatable bonds is 6. The molecule has 1 aliphatic rings. The summed E-state index contributed by atoms with van der Waals surface area (Å²) in [7, 11) is -3.82. The minimum Gasteiger partial charge on any atom is -0.311 e. The molecule has 9 nitrogen and oxygen atoms in total. The van der Waals surface area contributed by atoms with E-state index in [0.717, 1.165) is 4.31 Å². The van der Waals surface area contributed by atoms with Crippen molar-refractivity contribution in [3.63, 3.8) is 0 Å². The van der Waals surface area contributed by atoms with Gasteiger partial charge in [-0.1, -0.05) is 30.3 Å². The van der Waals surface area contributed by atoms with E-state index in [-0.39, 0.29) is 37.6 Å². The Kier molecular flexibility index (Phi) is 4.66. The van der Waals surface area contributed by atoms with Crippen LogP contribution in [0.5, 0.6) is 0 Å². The van der Waals surface area contributed by atoms with Crippen LogP contribution in [-0.2, 0) is 28.1 Å². The van der Waals surface area contributed by atoms with Crippen molar-refractivity contribution in [2.75, 3.05) is 5.32 Å². The van der Waals surface area contributed by atoms with E-state index in [4.69, 9.17) is 5.14 Å². The summed E-state index contributed by atoms with van der Waals surface area (Å²) in [6, 6.07) is 8.73. The van der Waals surface area contributed by atoms with Crippen LogP contribution in [-0.4, -0.2) is 34.6 Å². The number of anilines is 1. The quantitative estimate of drug-likeness (QED) is 0.643. The third kappa shape index (κ3) is 3.92. The van der Waals surface area contributed by atoms with Crippen molar-refractivity contribution in [3.05, 3.63) is 47.2 Å². The van der Waals surface area contributed by atoms with Gasteiger partial charge in [0.2, 0.25) is 5.91 Å². The van der Waals surface area contributed by atoms with E-state index in [1.807, 2.05) is 6.07 Å². The van der Waals surface area contributed by atoms with Gasteiger partial charge < -0.3 is 5.32 Å². The fraction of sp³-hybridized carbons (Fsp3) is 0.267. The highest BCUT2D eigenvalue weighted by atomic mass is 32.2. The maximum absolute atomic E-state index is 12.1. The molecule has 132 valence electrons. The minimum atomic E-state index is -3.82. The van der Waals surface area contributed by atoms with Gasteiger partial charge in [-0.3, -0.25) is 14.7 Å². The second-order valence-electron chi connectivity index (χ2n) is 5.67. The Labute approximate surface area is 144 Å².